The first kappa shape index (κ1) is 33.6. The molecule has 43 heavy (non-hydrogen) atoms. The summed E-state index contributed by atoms with van der Waals surface area (Å²) in [6, 6.07) is 7.00. The summed E-state index contributed by atoms with van der Waals surface area (Å²) in [5, 5.41) is 31.3. The molecule has 2 unspecified atom stereocenters. The van der Waals surface area contributed by atoms with E-state index in [0.717, 1.165) is 31.7 Å². The number of ether oxygens (including phenoxy) is 1. The Morgan fingerprint density at radius 2 is 1.16 bits per heavy atom. The van der Waals surface area contributed by atoms with E-state index < -0.39 is 23.9 Å². The van der Waals surface area contributed by atoms with Gasteiger partial charge in [-0.05, 0) is 42.8 Å². The average molecular weight is 596 g/mol. The van der Waals surface area contributed by atoms with Crippen LogP contribution < -0.4 is 10.1 Å². The Hall–Kier alpha value is -3.88. The van der Waals surface area contributed by atoms with Gasteiger partial charge in [-0.25, -0.2) is 14.4 Å². The van der Waals surface area contributed by atoms with Gasteiger partial charge in [0.15, 0.2) is 11.5 Å². The molecule has 0 aliphatic heterocycles. The number of Topliss-reactive ketones (excluding diaryl/α,β-unsaturated/α-hetero) is 1. The van der Waals surface area contributed by atoms with Crippen LogP contribution in [-0.4, -0.2) is 45.1 Å². The first-order chi connectivity index (χ1) is 20.7. The molecule has 234 valence electrons. The molecule has 1 saturated carbocycles. The van der Waals surface area contributed by atoms with Gasteiger partial charge in [0, 0.05) is 5.92 Å². The fourth-order valence-corrected chi connectivity index (χ4v) is 5.39. The highest BCUT2D eigenvalue weighted by molar-refractivity contribution is 6.06. The van der Waals surface area contributed by atoms with Gasteiger partial charge in [-0.15, -0.1) is 0 Å². The highest BCUT2D eigenvalue weighted by atomic mass is 16.5. The fourth-order valence-electron chi connectivity index (χ4n) is 5.39. The molecular weight excluding hydrogens is 550 g/mol. The number of carboxylic acids is 3. The van der Waals surface area contributed by atoms with E-state index >= 15 is 0 Å². The normalized spacial score (nSPS) is 15.7. The molecule has 0 bridgehead atoms. The Labute approximate surface area is 253 Å². The summed E-state index contributed by atoms with van der Waals surface area (Å²) < 4.78 is 5.82. The number of carboxylic acid groups (broad SMARTS) is 3. The first-order valence-electron chi connectivity index (χ1n) is 15.7. The number of carbonyl (C=O) groups is 4. The monoisotopic (exact) mass is 595 g/mol. The van der Waals surface area contributed by atoms with Gasteiger partial charge in [-0.1, -0.05) is 96.8 Å². The van der Waals surface area contributed by atoms with E-state index in [-0.39, 0.29) is 45.6 Å². The predicted molar refractivity (Wildman–Crippen MR) is 165 cm³/mol. The molecule has 0 radical (unpaired) electrons. The standard InChI is InChI=1S/C34H45NO8/c1-2-3-4-5-6-7-8-9-10-11-12-13-14-15-16-27-30(31(27)36)35-28-22-23(32(37)38)17-18-29(28)43-26-20-24(33(39)40)19-25(21-26)34(41)42/h17-22,27,30,35H,2-16H2,1H3,(H,37,38)(H,39,40)(H,41,42). The molecule has 0 amide bonds. The maximum Gasteiger partial charge on any atom is 0.335 e. The van der Waals surface area contributed by atoms with Crippen LogP contribution >= 0.6 is 0 Å². The van der Waals surface area contributed by atoms with Crippen LogP contribution in [0.4, 0.5) is 5.69 Å². The molecule has 0 heterocycles. The molecule has 4 N–H and O–H groups in total. The average Bonchev–Trinajstić information content (AvgIpc) is 3.59. The summed E-state index contributed by atoms with van der Waals surface area (Å²) in [5.41, 5.74) is -0.286. The van der Waals surface area contributed by atoms with E-state index in [1.807, 2.05) is 0 Å². The van der Waals surface area contributed by atoms with Gasteiger partial charge in [-0.2, -0.15) is 0 Å². The Kier molecular flexibility index (Phi) is 13.5. The minimum absolute atomic E-state index is 0.0167. The van der Waals surface area contributed by atoms with Crippen molar-refractivity contribution in [3.63, 3.8) is 0 Å². The van der Waals surface area contributed by atoms with E-state index in [0.29, 0.717) is 0 Å². The first-order valence-corrected chi connectivity index (χ1v) is 15.7. The third kappa shape index (κ3) is 11.0. The lowest BCUT2D eigenvalue weighted by atomic mass is 10.0. The molecule has 2 aromatic carbocycles. The van der Waals surface area contributed by atoms with Crippen LogP contribution in [0.5, 0.6) is 11.5 Å². The number of unbranched alkanes of at least 4 members (excludes halogenated alkanes) is 13. The van der Waals surface area contributed by atoms with Crippen LogP contribution in [-0.2, 0) is 4.79 Å². The molecule has 2 aromatic rings. The summed E-state index contributed by atoms with van der Waals surface area (Å²) in [4.78, 5) is 47.1. The summed E-state index contributed by atoms with van der Waals surface area (Å²) in [7, 11) is 0. The van der Waals surface area contributed by atoms with Crippen molar-refractivity contribution in [3.05, 3.63) is 53.1 Å². The molecule has 9 heteroatoms. The van der Waals surface area contributed by atoms with Crippen LogP contribution in [0.15, 0.2) is 36.4 Å². The summed E-state index contributed by atoms with van der Waals surface area (Å²) >= 11 is 0. The van der Waals surface area contributed by atoms with E-state index in [9.17, 15) is 34.5 Å². The third-order valence-corrected chi connectivity index (χ3v) is 8.00. The van der Waals surface area contributed by atoms with Crippen molar-refractivity contribution >= 4 is 29.4 Å². The van der Waals surface area contributed by atoms with E-state index in [1.165, 1.54) is 101 Å². The molecule has 1 fully saturated rings. The molecule has 0 spiro atoms. The highest BCUT2D eigenvalue weighted by Gasteiger charge is 2.48. The zero-order valence-electron chi connectivity index (χ0n) is 25.1. The summed E-state index contributed by atoms with van der Waals surface area (Å²) in [5.74, 6) is -3.78. The fraction of sp³-hybridized carbons (Fsp3) is 0.529. The molecule has 0 saturated heterocycles. The molecule has 3 rings (SSSR count). The predicted octanol–water partition coefficient (Wildman–Crippen LogP) is 8.42. The number of anilines is 1. The smallest absolute Gasteiger partial charge is 0.335 e. The third-order valence-electron chi connectivity index (χ3n) is 8.00. The van der Waals surface area contributed by atoms with Crippen molar-refractivity contribution in [2.45, 2.75) is 109 Å². The SMILES string of the molecule is CCCCCCCCCCCCCCCCC1C(=O)C1Nc1cc(C(=O)O)ccc1Oc1cc(C(=O)O)cc(C(=O)O)c1. The summed E-state index contributed by atoms with van der Waals surface area (Å²) in [6.45, 7) is 2.24. The van der Waals surface area contributed by atoms with Gasteiger partial charge in [-0.3, -0.25) is 4.79 Å². The minimum atomic E-state index is -1.32. The van der Waals surface area contributed by atoms with Gasteiger partial charge in [0.25, 0.3) is 0 Å². The summed E-state index contributed by atoms with van der Waals surface area (Å²) in [6.07, 6.45) is 18.5. The van der Waals surface area contributed by atoms with Gasteiger partial charge >= 0.3 is 17.9 Å². The van der Waals surface area contributed by atoms with Crippen LogP contribution in [0.3, 0.4) is 0 Å². The largest absolute Gasteiger partial charge is 0.478 e. The second kappa shape index (κ2) is 17.3. The number of hydrogen-bond donors (Lipinski definition) is 4. The molecule has 1 aliphatic rings. The van der Waals surface area contributed by atoms with Crippen LogP contribution in [0, 0.1) is 5.92 Å². The van der Waals surface area contributed by atoms with Crippen molar-refractivity contribution in [1.29, 1.82) is 0 Å². The number of nitrogens with one attached hydrogen (secondary N) is 1. The lowest BCUT2D eigenvalue weighted by Crippen LogP contribution is -2.09. The van der Waals surface area contributed by atoms with Crippen molar-refractivity contribution in [3.8, 4) is 11.5 Å². The molecular formula is C34H45NO8. The van der Waals surface area contributed by atoms with Gasteiger partial charge < -0.3 is 25.4 Å². The number of hydrogen-bond acceptors (Lipinski definition) is 6. The number of rotatable bonds is 22. The van der Waals surface area contributed by atoms with Gasteiger partial charge in [0.1, 0.15) is 5.75 Å². The maximum atomic E-state index is 12.6. The zero-order chi connectivity index (χ0) is 31.2. The van der Waals surface area contributed by atoms with E-state index in [4.69, 9.17) is 4.74 Å². The molecule has 9 nitrogen and oxygen atoms in total. The second-order valence-electron chi connectivity index (χ2n) is 11.5. The number of carbonyl (C=O) groups excluding carboxylic acids is 1. The van der Waals surface area contributed by atoms with E-state index in [1.54, 1.807) is 0 Å². The number of aromatic carboxylic acids is 3. The van der Waals surface area contributed by atoms with Crippen LogP contribution in [0.1, 0.15) is 134 Å². The quantitative estimate of drug-likeness (QED) is 0.0983. The second-order valence-corrected chi connectivity index (χ2v) is 11.5. The topological polar surface area (TPSA) is 150 Å². The Morgan fingerprint density at radius 3 is 1.65 bits per heavy atom. The Bertz CT molecular complexity index is 1220. The molecule has 2 atom stereocenters. The lowest BCUT2D eigenvalue weighted by Gasteiger charge is -2.14. The van der Waals surface area contributed by atoms with Crippen molar-refractivity contribution < 1.29 is 39.2 Å². The lowest BCUT2D eigenvalue weighted by molar-refractivity contribution is -0.111. The minimum Gasteiger partial charge on any atom is -0.478 e. The molecule has 0 aromatic heterocycles. The zero-order valence-corrected chi connectivity index (χ0v) is 25.1. The van der Waals surface area contributed by atoms with Crippen molar-refractivity contribution in [1.82, 2.24) is 0 Å². The van der Waals surface area contributed by atoms with Crippen molar-refractivity contribution in [2.24, 2.45) is 5.92 Å². The van der Waals surface area contributed by atoms with Crippen LogP contribution in [0.25, 0.3) is 0 Å². The van der Waals surface area contributed by atoms with Crippen LogP contribution in [0.2, 0.25) is 0 Å². The Morgan fingerprint density at radius 1 is 0.674 bits per heavy atom. The number of benzene rings is 2. The number of ketones is 1. The maximum absolute atomic E-state index is 12.6. The Balaban J connectivity index is 1.46. The van der Waals surface area contributed by atoms with Gasteiger partial charge in [0.05, 0.1) is 28.4 Å². The van der Waals surface area contributed by atoms with Gasteiger partial charge in [0.2, 0.25) is 0 Å². The van der Waals surface area contributed by atoms with E-state index in [2.05, 4.69) is 12.2 Å². The van der Waals surface area contributed by atoms with Crippen molar-refractivity contribution in [2.75, 3.05) is 5.32 Å². The highest BCUT2D eigenvalue weighted by Crippen LogP contribution is 2.38. The molecule has 1 aliphatic carbocycles.